The van der Waals surface area contributed by atoms with Crippen molar-refractivity contribution in [1.82, 2.24) is 10.6 Å². The van der Waals surface area contributed by atoms with Crippen LogP contribution in [0.5, 0.6) is 0 Å². The number of hydrogen-bond acceptors (Lipinski definition) is 4. The number of halogens is 1. The molecular formula is C16H26IN3O3S. The van der Waals surface area contributed by atoms with Crippen LogP contribution in [0.4, 0.5) is 0 Å². The van der Waals surface area contributed by atoms with Gasteiger partial charge in [-0.25, -0.2) is 8.42 Å². The van der Waals surface area contributed by atoms with Crippen LogP contribution in [0.15, 0.2) is 34.2 Å². The number of benzene rings is 1. The maximum atomic E-state index is 11.4. The van der Waals surface area contributed by atoms with E-state index < -0.39 is 9.84 Å². The first-order chi connectivity index (χ1) is 11.0. The lowest BCUT2D eigenvalue weighted by Gasteiger charge is -2.15. The number of guanidine groups is 1. The fourth-order valence-electron chi connectivity index (χ4n) is 2.47. The number of nitrogens with one attached hydrogen (secondary N) is 2. The summed E-state index contributed by atoms with van der Waals surface area (Å²) in [5.74, 6) is 0.758. The Morgan fingerprint density at radius 1 is 1.29 bits per heavy atom. The minimum Gasteiger partial charge on any atom is -0.376 e. The lowest BCUT2D eigenvalue weighted by Crippen LogP contribution is -2.41. The van der Waals surface area contributed by atoms with Crippen molar-refractivity contribution in [3.63, 3.8) is 0 Å². The molecular weight excluding hydrogens is 441 g/mol. The summed E-state index contributed by atoms with van der Waals surface area (Å²) in [7, 11) is -1.39. The van der Waals surface area contributed by atoms with Crippen LogP contribution in [0.1, 0.15) is 18.4 Å². The highest BCUT2D eigenvalue weighted by Gasteiger charge is 2.15. The molecule has 1 aliphatic rings. The Labute approximate surface area is 161 Å². The Bertz CT molecular complexity index is 626. The normalized spacial score (nSPS) is 18.1. The summed E-state index contributed by atoms with van der Waals surface area (Å²) in [6, 6.07) is 6.99. The van der Waals surface area contributed by atoms with Gasteiger partial charge in [0.05, 0.1) is 11.0 Å². The van der Waals surface area contributed by atoms with Crippen LogP contribution >= 0.6 is 24.0 Å². The number of aliphatic imine (C=N–C) groups is 1. The van der Waals surface area contributed by atoms with Crippen molar-refractivity contribution in [2.45, 2.75) is 30.3 Å². The van der Waals surface area contributed by atoms with Crippen LogP contribution in [-0.4, -0.2) is 53.5 Å². The Kier molecular flexibility index (Phi) is 8.99. The standard InChI is InChI=1S/C16H25N3O3S.HI/c1-17-16(19-12-14-4-3-11-22-14)18-10-9-13-5-7-15(8-6-13)23(2,20)21;/h5-8,14H,3-4,9-12H2,1-2H3,(H2,17,18,19);1H. The van der Waals surface area contributed by atoms with E-state index in [1.54, 1.807) is 19.2 Å². The van der Waals surface area contributed by atoms with Crippen LogP contribution in [-0.2, 0) is 21.0 Å². The largest absolute Gasteiger partial charge is 0.376 e. The molecule has 136 valence electrons. The topological polar surface area (TPSA) is 79.8 Å². The molecule has 2 rings (SSSR count). The molecule has 1 unspecified atom stereocenters. The maximum absolute atomic E-state index is 11.4. The first-order valence-corrected chi connectivity index (χ1v) is 9.73. The second kappa shape index (κ2) is 10.2. The highest BCUT2D eigenvalue weighted by atomic mass is 127. The zero-order valence-electron chi connectivity index (χ0n) is 14.1. The third kappa shape index (κ3) is 6.94. The molecule has 1 aromatic rings. The second-order valence-corrected chi connectivity index (χ2v) is 7.70. The quantitative estimate of drug-likeness (QED) is 0.378. The lowest BCUT2D eigenvalue weighted by molar-refractivity contribution is 0.114. The minimum absolute atomic E-state index is 0. The first kappa shape index (κ1) is 21.2. The summed E-state index contributed by atoms with van der Waals surface area (Å²) >= 11 is 0. The van der Waals surface area contributed by atoms with Gasteiger partial charge in [-0.1, -0.05) is 12.1 Å². The monoisotopic (exact) mass is 467 g/mol. The lowest BCUT2D eigenvalue weighted by atomic mass is 10.1. The molecule has 0 saturated carbocycles. The molecule has 1 aliphatic heterocycles. The molecule has 1 saturated heterocycles. The maximum Gasteiger partial charge on any atom is 0.191 e. The Hall–Kier alpha value is -0.870. The van der Waals surface area contributed by atoms with Crippen molar-refractivity contribution >= 4 is 39.8 Å². The Morgan fingerprint density at radius 3 is 2.54 bits per heavy atom. The highest BCUT2D eigenvalue weighted by Crippen LogP contribution is 2.11. The molecule has 8 heteroatoms. The molecule has 0 amide bonds. The summed E-state index contributed by atoms with van der Waals surface area (Å²) in [4.78, 5) is 4.54. The molecule has 1 heterocycles. The smallest absolute Gasteiger partial charge is 0.191 e. The molecule has 0 bridgehead atoms. The number of hydrogen-bond donors (Lipinski definition) is 2. The van der Waals surface area contributed by atoms with Crippen LogP contribution in [0, 0.1) is 0 Å². The zero-order chi connectivity index (χ0) is 16.7. The van der Waals surface area contributed by atoms with E-state index in [4.69, 9.17) is 4.74 Å². The predicted molar refractivity (Wildman–Crippen MR) is 107 cm³/mol. The van der Waals surface area contributed by atoms with Crippen LogP contribution in [0.3, 0.4) is 0 Å². The van der Waals surface area contributed by atoms with E-state index in [2.05, 4.69) is 15.6 Å². The van der Waals surface area contributed by atoms with Gasteiger partial charge in [0.2, 0.25) is 0 Å². The molecule has 0 spiro atoms. The second-order valence-electron chi connectivity index (χ2n) is 5.68. The van der Waals surface area contributed by atoms with Gasteiger partial charge in [0.1, 0.15) is 0 Å². The van der Waals surface area contributed by atoms with Gasteiger partial charge in [-0.05, 0) is 37.0 Å². The number of ether oxygens (including phenoxy) is 1. The van der Waals surface area contributed by atoms with E-state index in [0.717, 1.165) is 50.5 Å². The zero-order valence-corrected chi connectivity index (χ0v) is 17.3. The summed E-state index contributed by atoms with van der Waals surface area (Å²) in [5, 5.41) is 6.51. The van der Waals surface area contributed by atoms with Gasteiger partial charge < -0.3 is 15.4 Å². The first-order valence-electron chi connectivity index (χ1n) is 7.84. The van der Waals surface area contributed by atoms with Gasteiger partial charge in [-0.15, -0.1) is 24.0 Å². The minimum atomic E-state index is -3.13. The molecule has 24 heavy (non-hydrogen) atoms. The van der Waals surface area contributed by atoms with E-state index in [9.17, 15) is 8.42 Å². The van der Waals surface area contributed by atoms with Crippen LogP contribution in [0.2, 0.25) is 0 Å². The van der Waals surface area contributed by atoms with Crippen LogP contribution < -0.4 is 10.6 Å². The van der Waals surface area contributed by atoms with E-state index in [1.165, 1.54) is 6.26 Å². The Balaban J connectivity index is 0.00000288. The highest BCUT2D eigenvalue weighted by molar-refractivity contribution is 14.0. The van der Waals surface area contributed by atoms with Gasteiger partial charge in [-0.3, -0.25) is 4.99 Å². The summed E-state index contributed by atoms with van der Waals surface area (Å²) in [5.41, 5.74) is 1.08. The van der Waals surface area contributed by atoms with Gasteiger partial charge in [0, 0.05) is 33.0 Å². The summed E-state index contributed by atoms with van der Waals surface area (Å²) in [6.07, 6.45) is 4.51. The fourth-order valence-corrected chi connectivity index (χ4v) is 3.10. The SMILES string of the molecule is CN=C(NCCc1ccc(S(C)(=O)=O)cc1)NCC1CCCO1.I. The van der Waals surface area contributed by atoms with Crippen LogP contribution in [0.25, 0.3) is 0 Å². The Morgan fingerprint density at radius 2 is 2.00 bits per heavy atom. The third-order valence-electron chi connectivity index (χ3n) is 3.80. The third-order valence-corrected chi connectivity index (χ3v) is 4.93. The summed E-state index contributed by atoms with van der Waals surface area (Å²) in [6.45, 7) is 2.34. The molecule has 0 radical (unpaired) electrons. The number of sulfone groups is 1. The summed E-state index contributed by atoms with van der Waals surface area (Å²) < 4.78 is 28.4. The van der Waals surface area contributed by atoms with Crippen molar-refractivity contribution in [2.75, 3.05) is 33.0 Å². The van der Waals surface area contributed by atoms with E-state index in [1.807, 2.05) is 12.1 Å². The van der Waals surface area contributed by atoms with Crippen molar-refractivity contribution < 1.29 is 13.2 Å². The molecule has 1 atom stereocenters. The molecule has 6 nitrogen and oxygen atoms in total. The average Bonchev–Trinajstić information content (AvgIpc) is 3.03. The molecule has 1 fully saturated rings. The van der Waals surface area contributed by atoms with E-state index in [0.29, 0.717) is 4.90 Å². The van der Waals surface area contributed by atoms with Gasteiger partial charge in [0.25, 0.3) is 0 Å². The van der Waals surface area contributed by atoms with Gasteiger partial charge in [-0.2, -0.15) is 0 Å². The van der Waals surface area contributed by atoms with Crippen molar-refractivity contribution in [2.24, 2.45) is 4.99 Å². The predicted octanol–water partition coefficient (Wildman–Crippen LogP) is 1.59. The molecule has 0 aromatic heterocycles. The average molecular weight is 467 g/mol. The van der Waals surface area contributed by atoms with Gasteiger partial charge >= 0.3 is 0 Å². The molecule has 0 aliphatic carbocycles. The molecule has 2 N–H and O–H groups in total. The van der Waals surface area contributed by atoms with E-state index >= 15 is 0 Å². The van der Waals surface area contributed by atoms with Crippen molar-refractivity contribution in [3.05, 3.63) is 29.8 Å². The molecule has 1 aromatic carbocycles. The fraction of sp³-hybridized carbons (Fsp3) is 0.562. The van der Waals surface area contributed by atoms with E-state index in [-0.39, 0.29) is 30.1 Å². The van der Waals surface area contributed by atoms with Gasteiger partial charge in [0.15, 0.2) is 15.8 Å². The number of nitrogens with zero attached hydrogens (tertiary/aromatic N) is 1. The van der Waals surface area contributed by atoms with Crippen molar-refractivity contribution in [1.29, 1.82) is 0 Å². The van der Waals surface area contributed by atoms with Crippen molar-refractivity contribution in [3.8, 4) is 0 Å². The number of rotatable bonds is 6.